The molecular formula is C12H10INO4. The topological polar surface area (TPSA) is 61.6 Å². The summed E-state index contributed by atoms with van der Waals surface area (Å²) in [6.45, 7) is 0. The summed E-state index contributed by atoms with van der Waals surface area (Å²) in [6.07, 6.45) is 0. The van der Waals surface area contributed by atoms with Gasteiger partial charge in [-0.1, -0.05) is 5.16 Å². The molecule has 0 N–H and O–H groups in total. The fourth-order valence-corrected chi connectivity index (χ4v) is 2.17. The summed E-state index contributed by atoms with van der Waals surface area (Å²) >= 11 is 2.17. The number of hydrogen-bond donors (Lipinski definition) is 0. The lowest BCUT2D eigenvalue weighted by molar-refractivity contribution is 0.0554. The van der Waals surface area contributed by atoms with E-state index in [0.717, 1.165) is 14.9 Å². The van der Waals surface area contributed by atoms with Gasteiger partial charge in [-0.2, -0.15) is 0 Å². The number of carbonyl (C=O) groups is 1. The monoisotopic (exact) mass is 359 g/mol. The van der Waals surface area contributed by atoms with E-state index in [9.17, 15) is 4.79 Å². The van der Waals surface area contributed by atoms with Crippen LogP contribution in [0.2, 0.25) is 0 Å². The van der Waals surface area contributed by atoms with Gasteiger partial charge in [0.25, 0.3) is 0 Å². The molecule has 0 fully saturated rings. The molecule has 1 aromatic heterocycles. The second kappa shape index (κ2) is 5.38. The van der Waals surface area contributed by atoms with Crippen LogP contribution in [0.15, 0.2) is 28.8 Å². The Labute approximate surface area is 117 Å². The summed E-state index contributed by atoms with van der Waals surface area (Å²) in [5.41, 5.74) is 1.43. The van der Waals surface area contributed by atoms with Gasteiger partial charge in [0.05, 0.1) is 17.8 Å². The fourth-order valence-electron chi connectivity index (χ4n) is 1.43. The number of hydrogen-bond acceptors (Lipinski definition) is 5. The van der Waals surface area contributed by atoms with Gasteiger partial charge in [-0.25, -0.2) is 4.79 Å². The smallest absolute Gasteiger partial charge is 0.376 e. The Morgan fingerprint density at radius 3 is 2.72 bits per heavy atom. The molecular weight excluding hydrogens is 349 g/mol. The van der Waals surface area contributed by atoms with E-state index in [4.69, 9.17) is 9.26 Å². The molecule has 1 aromatic carbocycles. The highest BCUT2D eigenvalue weighted by molar-refractivity contribution is 14.1. The van der Waals surface area contributed by atoms with E-state index >= 15 is 0 Å². The van der Waals surface area contributed by atoms with Crippen LogP contribution < -0.4 is 4.74 Å². The maximum Gasteiger partial charge on any atom is 0.376 e. The van der Waals surface area contributed by atoms with Crippen molar-refractivity contribution in [3.05, 3.63) is 33.6 Å². The molecule has 0 spiro atoms. The van der Waals surface area contributed by atoms with Gasteiger partial charge in [-0.3, -0.25) is 0 Å². The van der Waals surface area contributed by atoms with Crippen molar-refractivity contribution >= 4 is 28.6 Å². The number of halogens is 1. The largest absolute Gasteiger partial charge is 0.496 e. The number of methoxy groups -OCH3 is 2. The van der Waals surface area contributed by atoms with E-state index in [1.807, 2.05) is 18.2 Å². The van der Waals surface area contributed by atoms with Crippen molar-refractivity contribution < 1.29 is 18.8 Å². The van der Waals surface area contributed by atoms with Crippen molar-refractivity contribution in [2.45, 2.75) is 0 Å². The van der Waals surface area contributed by atoms with Crippen molar-refractivity contribution in [1.82, 2.24) is 5.16 Å². The van der Waals surface area contributed by atoms with Crippen LogP contribution in [-0.2, 0) is 4.74 Å². The van der Waals surface area contributed by atoms with E-state index in [1.54, 1.807) is 13.2 Å². The van der Waals surface area contributed by atoms with Gasteiger partial charge in [0, 0.05) is 11.6 Å². The van der Waals surface area contributed by atoms with Gasteiger partial charge in [0.2, 0.25) is 5.76 Å². The lowest BCUT2D eigenvalue weighted by Gasteiger charge is -2.03. The maximum absolute atomic E-state index is 11.2. The first-order valence-electron chi connectivity index (χ1n) is 5.04. The van der Waals surface area contributed by atoms with Gasteiger partial charge in [0.1, 0.15) is 11.4 Å². The van der Waals surface area contributed by atoms with Crippen LogP contribution in [0.3, 0.4) is 0 Å². The van der Waals surface area contributed by atoms with E-state index in [-0.39, 0.29) is 5.76 Å². The summed E-state index contributed by atoms with van der Waals surface area (Å²) < 4.78 is 15.6. The minimum atomic E-state index is -0.544. The molecule has 2 aromatic rings. The summed E-state index contributed by atoms with van der Waals surface area (Å²) in [6, 6.07) is 7.13. The zero-order valence-corrected chi connectivity index (χ0v) is 11.9. The minimum Gasteiger partial charge on any atom is -0.496 e. The highest BCUT2D eigenvalue weighted by atomic mass is 127. The van der Waals surface area contributed by atoms with E-state index in [1.165, 1.54) is 7.11 Å². The molecule has 18 heavy (non-hydrogen) atoms. The van der Waals surface area contributed by atoms with Crippen LogP contribution in [0.5, 0.6) is 5.75 Å². The number of nitrogens with zero attached hydrogens (tertiary/aromatic N) is 1. The number of carbonyl (C=O) groups excluding carboxylic acids is 1. The van der Waals surface area contributed by atoms with Crippen molar-refractivity contribution in [3.8, 4) is 17.0 Å². The molecule has 0 bridgehead atoms. The molecule has 0 radical (unpaired) electrons. The third kappa shape index (κ3) is 2.47. The molecule has 0 aliphatic heterocycles. The second-order valence-corrected chi connectivity index (χ2v) is 4.58. The SMILES string of the molecule is COC(=O)c1cc(-c2ccc(OC)c(I)c2)no1. The normalized spacial score (nSPS) is 10.2. The van der Waals surface area contributed by atoms with E-state index in [2.05, 4.69) is 32.5 Å². The Bertz CT molecular complexity index is 579. The summed E-state index contributed by atoms with van der Waals surface area (Å²) in [5.74, 6) is 0.325. The predicted octanol–water partition coefficient (Wildman–Crippen LogP) is 2.74. The third-order valence-electron chi connectivity index (χ3n) is 2.34. The molecule has 5 nitrogen and oxygen atoms in total. The maximum atomic E-state index is 11.2. The van der Waals surface area contributed by atoms with Crippen molar-refractivity contribution in [1.29, 1.82) is 0 Å². The molecule has 94 valence electrons. The molecule has 2 rings (SSSR count). The molecule has 0 unspecified atom stereocenters. The predicted molar refractivity (Wildman–Crippen MR) is 72.5 cm³/mol. The Hall–Kier alpha value is -1.57. The molecule has 0 aliphatic rings. The van der Waals surface area contributed by atoms with Gasteiger partial charge in [-0.15, -0.1) is 0 Å². The van der Waals surface area contributed by atoms with E-state index in [0.29, 0.717) is 5.69 Å². The second-order valence-electron chi connectivity index (χ2n) is 3.42. The average Bonchev–Trinajstić information content (AvgIpc) is 2.87. The third-order valence-corrected chi connectivity index (χ3v) is 3.19. The summed E-state index contributed by atoms with van der Waals surface area (Å²) in [5, 5.41) is 3.83. The molecule has 0 saturated carbocycles. The Morgan fingerprint density at radius 1 is 1.33 bits per heavy atom. The van der Waals surface area contributed by atoms with Crippen molar-refractivity contribution in [2.75, 3.05) is 14.2 Å². The minimum absolute atomic E-state index is 0.0818. The average molecular weight is 359 g/mol. The van der Waals surface area contributed by atoms with Crippen LogP contribution in [-0.4, -0.2) is 25.3 Å². The molecule has 6 heteroatoms. The molecule has 1 heterocycles. The Kier molecular flexibility index (Phi) is 3.85. The Morgan fingerprint density at radius 2 is 2.11 bits per heavy atom. The molecule has 0 amide bonds. The van der Waals surface area contributed by atoms with Crippen LogP contribution in [0.25, 0.3) is 11.3 Å². The highest BCUT2D eigenvalue weighted by Gasteiger charge is 2.14. The van der Waals surface area contributed by atoms with Crippen LogP contribution >= 0.6 is 22.6 Å². The van der Waals surface area contributed by atoms with Gasteiger partial charge in [-0.05, 0) is 40.8 Å². The van der Waals surface area contributed by atoms with Crippen LogP contribution in [0.4, 0.5) is 0 Å². The first-order chi connectivity index (χ1) is 8.65. The zero-order valence-electron chi connectivity index (χ0n) is 9.77. The first-order valence-corrected chi connectivity index (χ1v) is 6.12. The van der Waals surface area contributed by atoms with Crippen LogP contribution in [0, 0.1) is 3.57 Å². The number of ether oxygens (including phenoxy) is 2. The molecule has 0 aliphatic carbocycles. The summed E-state index contributed by atoms with van der Waals surface area (Å²) in [7, 11) is 2.91. The van der Waals surface area contributed by atoms with Crippen LogP contribution in [0.1, 0.15) is 10.6 Å². The Balaban J connectivity index is 2.34. The zero-order chi connectivity index (χ0) is 13.1. The number of benzene rings is 1. The first kappa shape index (κ1) is 12.9. The number of aromatic nitrogens is 1. The summed E-state index contributed by atoms with van der Waals surface area (Å²) in [4.78, 5) is 11.2. The lowest BCUT2D eigenvalue weighted by atomic mass is 10.1. The van der Waals surface area contributed by atoms with Gasteiger partial charge in [0.15, 0.2) is 0 Å². The number of esters is 1. The fraction of sp³-hybridized carbons (Fsp3) is 0.167. The lowest BCUT2D eigenvalue weighted by Crippen LogP contribution is -1.98. The molecule has 0 saturated heterocycles. The quantitative estimate of drug-likeness (QED) is 0.623. The number of rotatable bonds is 3. The van der Waals surface area contributed by atoms with Crippen molar-refractivity contribution in [2.24, 2.45) is 0 Å². The molecule has 0 atom stereocenters. The van der Waals surface area contributed by atoms with Crippen molar-refractivity contribution in [3.63, 3.8) is 0 Å². The standard InChI is InChI=1S/C12H10INO4/c1-16-10-4-3-7(5-8(10)13)9-6-11(18-14-9)12(15)17-2/h3-6H,1-2H3. The van der Waals surface area contributed by atoms with E-state index < -0.39 is 5.97 Å². The van der Waals surface area contributed by atoms with Gasteiger partial charge < -0.3 is 14.0 Å². The highest BCUT2D eigenvalue weighted by Crippen LogP contribution is 2.27. The van der Waals surface area contributed by atoms with Gasteiger partial charge >= 0.3 is 5.97 Å².